The maximum absolute atomic E-state index is 13.3. The Bertz CT molecular complexity index is 1400. The van der Waals surface area contributed by atoms with Gasteiger partial charge in [0, 0.05) is 45.5 Å². The van der Waals surface area contributed by atoms with Crippen LogP contribution in [0.15, 0.2) is 60.7 Å². The minimum absolute atomic E-state index is 0.282. The molecule has 3 aromatic carbocycles. The van der Waals surface area contributed by atoms with Crippen molar-refractivity contribution in [3.8, 4) is 0 Å². The Hall–Kier alpha value is -3.53. The fraction of sp³-hybridized carbons (Fsp3) is 0.276. The van der Waals surface area contributed by atoms with Crippen LogP contribution in [-0.4, -0.2) is 10.5 Å². The number of cyclic esters (lactones) is 1. The highest BCUT2D eigenvalue weighted by Crippen LogP contribution is 2.52. The van der Waals surface area contributed by atoms with Gasteiger partial charge < -0.3 is 15.0 Å². The van der Waals surface area contributed by atoms with Crippen LogP contribution in [-0.2, 0) is 29.7 Å². The third-order valence-electron chi connectivity index (χ3n) is 7.23. The topological polar surface area (TPSA) is 57.2 Å². The summed E-state index contributed by atoms with van der Waals surface area (Å²) in [5.41, 5.74) is 14.3. The molecule has 33 heavy (non-hydrogen) atoms. The molecule has 4 nitrogen and oxygen atoms in total. The maximum Gasteiger partial charge on any atom is 0.340 e. The van der Waals surface area contributed by atoms with E-state index in [2.05, 4.69) is 62.6 Å². The number of aryl methyl sites for hydroxylation is 1. The van der Waals surface area contributed by atoms with Crippen LogP contribution in [0.25, 0.3) is 10.9 Å². The predicted octanol–water partition coefficient (Wildman–Crippen LogP) is 6.14. The van der Waals surface area contributed by atoms with Gasteiger partial charge in [0.05, 0.1) is 5.56 Å². The number of ether oxygens (including phenoxy) is 1. The lowest BCUT2D eigenvalue weighted by Gasteiger charge is -2.33. The van der Waals surface area contributed by atoms with E-state index in [9.17, 15) is 4.79 Å². The zero-order valence-corrected chi connectivity index (χ0v) is 19.7. The number of nitrogens with zero attached hydrogens (tertiary/aromatic N) is 1. The van der Waals surface area contributed by atoms with Crippen molar-refractivity contribution in [2.45, 2.75) is 52.7 Å². The molecule has 0 spiro atoms. The van der Waals surface area contributed by atoms with Crippen molar-refractivity contribution >= 4 is 22.6 Å². The number of hydrogen-bond donors (Lipinski definition) is 1. The molecule has 2 N–H and O–H groups in total. The third kappa shape index (κ3) is 2.80. The molecule has 0 saturated heterocycles. The molecular weight excluding hydrogens is 408 g/mol. The van der Waals surface area contributed by atoms with Crippen LogP contribution in [0.4, 0.5) is 5.69 Å². The number of aromatic nitrogens is 1. The summed E-state index contributed by atoms with van der Waals surface area (Å²) >= 11 is 0. The molecule has 0 bridgehead atoms. The number of nitrogens with two attached hydrogens (primary N) is 1. The van der Waals surface area contributed by atoms with E-state index < -0.39 is 5.60 Å². The Balaban J connectivity index is 2.00. The SMILES string of the molecule is CCc1c(N)ccc(C2(c3c(C)n(CC)c4ccccc34)OC(=O)c3ccccc32)c1CC. The number of carbonyl (C=O) groups is 1. The molecule has 1 aromatic heterocycles. The van der Waals surface area contributed by atoms with E-state index in [1.54, 1.807) is 0 Å². The van der Waals surface area contributed by atoms with Crippen LogP contribution in [0, 0.1) is 6.92 Å². The monoisotopic (exact) mass is 438 g/mol. The summed E-state index contributed by atoms with van der Waals surface area (Å²) in [6.45, 7) is 9.40. The first-order valence-corrected chi connectivity index (χ1v) is 11.8. The normalized spacial score (nSPS) is 17.4. The van der Waals surface area contributed by atoms with E-state index in [1.165, 1.54) is 0 Å². The number of carbonyl (C=O) groups excluding carboxylic acids is 1. The summed E-state index contributed by atoms with van der Waals surface area (Å²) in [6, 6.07) is 20.3. The van der Waals surface area contributed by atoms with E-state index in [0.29, 0.717) is 5.56 Å². The summed E-state index contributed by atoms with van der Waals surface area (Å²) in [5.74, 6) is -0.282. The Kier molecular flexibility index (Phi) is 5.04. The van der Waals surface area contributed by atoms with Crippen molar-refractivity contribution in [1.29, 1.82) is 0 Å². The van der Waals surface area contributed by atoms with Crippen LogP contribution >= 0.6 is 0 Å². The van der Waals surface area contributed by atoms with Gasteiger partial charge in [-0.3, -0.25) is 0 Å². The smallest absolute Gasteiger partial charge is 0.340 e. The molecule has 168 valence electrons. The average Bonchev–Trinajstić information content (AvgIpc) is 3.29. The van der Waals surface area contributed by atoms with Crippen molar-refractivity contribution in [3.05, 3.63) is 99.7 Å². The molecule has 1 aliphatic rings. The van der Waals surface area contributed by atoms with Gasteiger partial charge in [-0.2, -0.15) is 0 Å². The van der Waals surface area contributed by atoms with Gasteiger partial charge in [0.1, 0.15) is 0 Å². The molecule has 0 aliphatic carbocycles. The van der Waals surface area contributed by atoms with Gasteiger partial charge in [0.2, 0.25) is 0 Å². The Labute approximate surface area is 195 Å². The number of rotatable bonds is 5. The van der Waals surface area contributed by atoms with Gasteiger partial charge in [0.25, 0.3) is 0 Å². The second kappa shape index (κ2) is 7.80. The van der Waals surface area contributed by atoms with Crippen molar-refractivity contribution < 1.29 is 9.53 Å². The number of benzene rings is 3. The van der Waals surface area contributed by atoms with Crippen molar-refractivity contribution in [2.75, 3.05) is 5.73 Å². The van der Waals surface area contributed by atoms with Gasteiger partial charge in [-0.1, -0.05) is 56.3 Å². The van der Waals surface area contributed by atoms with Crippen LogP contribution in [0.2, 0.25) is 0 Å². The second-order valence-corrected chi connectivity index (χ2v) is 8.70. The second-order valence-electron chi connectivity index (χ2n) is 8.70. The number of fused-ring (bicyclic) bond motifs is 2. The molecule has 0 radical (unpaired) electrons. The molecule has 0 fully saturated rings. The number of esters is 1. The Morgan fingerprint density at radius 2 is 1.58 bits per heavy atom. The highest BCUT2D eigenvalue weighted by Gasteiger charge is 2.52. The number of nitrogen functional groups attached to an aromatic ring is 1. The van der Waals surface area contributed by atoms with Crippen LogP contribution in [0.3, 0.4) is 0 Å². The lowest BCUT2D eigenvalue weighted by Crippen LogP contribution is -2.32. The van der Waals surface area contributed by atoms with E-state index in [-0.39, 0.29) is 5.97 Å². The van der Waals surface area contributed by atoms with Gasteiger partial charge in [-0.05, 0) is 56.0 Å². The fourth-order valence-corrected chi connectivity index (χ4v) is 5.88. The van der Waals surface area contributed by atoms with Gasteiger partial charge >= 0.3 is 5.97 Å². The lowest BCUT2D eigenvalue weighted by molar-refractivity contribution is 0.0251. The summed E-state index contributed by atoms with van der Waals surface area (Å²) in [4.78, 5) is 13.3. The van der Waals surface area contributed by atoms with E-state index in [0.717, 1.165) is 69.5 Å². The minimum atomic E-state index is -1.03. The number of para-hydroxylation sites is 1. The lowest BCUT2D eigenvalue weighted by atomic mass is 9.75. The van der Waals surface area contributed by atoms with E-state index in [4.69, 9.17) is 10.5 Å². The predicted molar refractivity (Wildman–Crippen MR) is 134 cm³/mol. The molecule has 0 saturated carbocycles. The first-order chi connectivity index (χ1) is 16.0. The van der Waals surface area contributed by atoms with E-state index in [1.807, 2.05) is 30.3 Å². The maximum atomic E-state index is 13.3. The first-order valence-electron chi connectivity index (χ1n) is 11.8. The van der Waals surface area contributed by atoms with Crippen molar-refractivity contribution in [2.24, 2.45) is 0 Å². The summed E-state index contributed by atoms with van der Waals surface area (Å²) in [7, 11) is 0. The highest BCUT2D eigenvalue weighted by molar-refractivity contribution is 5.99. The van der Waals surface area contributed by atoms with Gasteiger partial charge in [-0.25, -0.2) is 4.79 Å². The van der Waals surface area contributed by atoms with Gasteiger partial charge in [-0.15, -0.1) is 0 Å². The van der Waals surface area contributed by atoms with Crippen LogP contribution in [0.1, 0.15) is 64.6 Å². The zero-order chi connectivity index (χ0) is 23.3. The van der Waals surface area contributed by atoms with E-state index >= 15 is 0 Å². The zero-order valence-electron chi connectivity index (χ0n) is 19.7. The first kappa shape index (κ1) is 21.3. The third-order valence-corrected chi connectivity index (χ3v) is 7.23. The van der Waals surface area contributed by atoms with Crippen molar-refractivity contribution in [1.82, 2.24) is 4.57 Å². The summed E-state index contributed by atoms with van der Waals surface area (Å²) in [5, 5.41) is 1.11. The largest absolute Gasteiger partial charge is 0.440 e. The summed E-state index contributed by atoms with van der Waals surface area (Å²) in [6.07, 6.45) is 1.63. The average molecular weight is 439 g/mol. The molecule has 1 atom stereocenters. The molecule has 5 rings (SSSR count). The Morgan fingerprint density at radius 1 is 0.879 bits per heavy atom. The number of hydrogen-bond acceptors (Lipinski definition) is 3. The molecule has 4 aromatic rings. The van der Waals surface area contributed by atoms with Gasteiger partial charge in [0.15, 0.2) is 5.60 Å². The molecule has 1 aliphatic heterocycles. The molecule has 1 unspecified atom stereocenters. The highest BCUT2D eigenvalue weighted by atomic mass is 16.6. The molecular formula is C29H30N2O2. The van der Waals surface area contributed by atoms with Crippen LogP contribution in [0.5, 0.6) is 0 Å². The number of anilines is 1. The quantitative estimate of drug-likeness (QED) is 0.301. The molecule has 2 heterocycles. The molecule has 0 amide bonds. The van der Waals surface area contributed by atoms with Crippen LogP contribution < -0.4 is 5.73 Å². The van der Waals surface area contributed by atoms with Crippen molar-refractivity contribution in [3.63, 3.8) is 0 Å². The standard InChI is InChI=1S/C29H30N2O2/c1-5-19-20(6-2)25(30)17-16-24(19)29(23-14-10-8-12-21(23)28(32)33-29)27-18(4)31(7-3)26-15-11-9-13-22(26)27/h8-17H,5-7,30H2,1-4H3. The fourth-order valence-electron chi connectivity index (χ4n) is 5.88. The Morgan fingerprint density at radius 3 is 2.30 bits per heavy atom. The molecule has 4 heteroatoms. The summed E-state index contributed by atoms with van der Waals surface area (Å²) < 4.78 is 8.84. The minimum Gasteiger partial charge on any atom is -0.440 e.